The number of fused-ring (bicyclic) bond motifs is 1. The molecular formula is C14H17N3O2. The molecule has 0 bridgehead atoms. The second kappa shape index (κ2) is 4.26. The number of piperazine rings is 1. The van der Waals surface area contributed by atoms with E-state index in [2.05, 4.69) is 11.9 Å². The zero-order valence-electron chi connectivity index (χ0n) is 11.3. The van der Waals surface area contributed by atoms with Gasteiger partial charge in [-0.15, -0.1) is 0 Å². The molecule has 1 aliphatic heterocycles. The molecule has 2 atom stereocenters. The fourth-order valence-corrected chi connectivity index (χ4v) is 2.72. The van der Waals surface area contributed by atoms with Gasteiger partial charge in [-0.3, -0.25) is 4.79 Å². The Morgan fingerprint density at radius 2 is 2.05 bits per heavy atom. The number of carbonyl (C=O) groups excluding carboxylic acids is 1. The Morgan fingerprint density at radius 1 is 1.32 bits per heavy atom. The van der Waals surface area contributed by atoms with Crippen LogP contribution in [0, 0.1) is 0 Å². The van der Waals surface area contributed by atoms with Crippen molar-refractivity contribution in [2.75, 3.05) is 18.5 Å². The van der Waals surface area contributed by atoms with E-state index in [1.54, 1.807) is 4.90 Å². The van der Waals surface area contributed by atoms with Crippen molar-refractivity contribution in [3.8, 4) is 0 Å². The van der Waals surface area contributed by atoms with Gasteiger partial charge in [0.05, 0.1) is 0 Å². The summed E-state index contributed by atoms with van der Waals surface area (Å²) in [5.74, 6) is 0.0976. The second-order valence-electron chi connectivity index (χ2n) is 5.12. The molecule has 1 saturated heterocycles. The van der Waals surface area contributed by atoms with Crippen LogP contribution in [0.5, 0.6) is 0 Å². The first kappa shape index (κ1) is 12.0. The van der Waals surface area contributed by atoms with Gasteiger partial charge in [-0.05, 0) is 26.0 Å². The van der Waals surface area contributed by atoms with E-state index < -0.39 is 0 Å². The van der Waals surface area contributed by atoms with Gasteiger partial charge < -0.3 is 14.2 Å². The second-order valence-corrected chi connectivity index (χ2v) is 5.12. The number of amides is 1. The fraction of sp³-hybridized carbons (Fsp3) is 0.429. The maximum atomic E-state index is 12.1. The van der Waals surface area contributed by atoms with E-state index in [0.29, 0.717) is 12.6 Å². The summed E-state index contributed by atoms with van der Waals surface area (Å²) in [6, 6.07) is 8.11. The molecule has 19 heavy (non-hydrogen) atoms. The van der Waals surface area contributed by atoms with Gasteiger partial charge in [0, 0.05) is 19.6 Å². The number of rotatable bonds is 1. The summed E-state index contributed by atoms with van der Waals surface area (Å²) >= 11 is 0. The van der Waals surface area contributed by atoms with E-state index in [1.165, 1.54) is 0 Å². The predicted octanol–water partition coefficient (Wildman–Crippen LogP) is 1.88. The molecule has 100 valence electrons. The van der Waals surface area contributed by atoms with Gasteiger partial charge in [0.15, 0.2) is 5.58 Å². The normalized spacial score (nSPS) is 24.3. The molecule has 0 aliphatic carbocycles. The van der Waals surface area contributed by atoms with Crippen LogP contribution in [-0.4, -0.2) is 41.5 Å². The van der Waals surface area contributed by atoms with E-state index in [0.717, 1.165) is 11.1 Å². The van der Waals surface area contributed by atoms with E-state index in [1.807, 2.05) is 43.1 Å². The first-order chi connectivity index (χ1) is 9.08. The molecule has 1 fully saturated rings. The lowest BCUT2D eigenvalue weighted by atomic mass is 10.1. The smallest absolute Gasteiger partial charge is 0.299 e. The molecule has 0 radical (unpaired) electrons. The molecule has 1 aromatic carbocycles. The Morgan fingerprint density at radius 3 is 2.79 bits per heavy atom. The Labute approximate surface area is 111 Å². The quantitative estimate of drug-likeness (QED) is 0.784. The van der Waals surface area contributed by atoms with Gasteiger partial charge in [-0.1, -0.05) is 12.1 Å². The lowest BCUT2D eigenvalue weighted by Crippen LogP contribution is -2.59. The van der Waals surface area contributed by atoms with Crippen LogP contribution in [0.2, 0.25) is 0 Å². The van der Waals surface area contributed by atoms with Gasteiger partial charge in [-0.2, -0.15) is 4.98 Å². The first-order valence-electron chi connectivity index (χ1n) is 6.47. The van der Waals surface area contributed by atoms with Crippen LogP contribution in [0.1, 0.15) is 13.8 Å². The van der Waals surface area contributed by atoms with Gasteiger partial charge >= 0.3 is 0 Å². The highest BCUT2D eigenvalue weighted by Crippen LogP contribution is 2.27. The first-order valence-corrected chi connectivity index (χ1v) is 6.47. The lowest BCUT2D eigenvalue weighted by molar-refractivity contribution is -0.133. The number of nitrogens with zero attached hydrogens (tertiary/aromatic N) is 3. The van der Waals surface area contributed by atoms with Crippen molar-refractivity contribution in [3.63, 3.8) is 0 Å². The molecule has 0 N–H and O–H groups in total. The number of carbonyl (C=O) groups is 1. The molecule has 2 unspecified atom stereocenters. The van der Waals surface area contributed by atoms with Crippen molar-refractivity contribution >= 4 is 23.0 Å². The summed E-state index contributed by atoms with van der Waals surface area (Å²) < 4.78 is 5.78. The zero-order chi connectivity index (χ0) is 13.6. The number of aromatic nitrogens is 1. The van der Waals surface area contributed by atoms with Crippen LogP contribution in [0.3, 0.4) is 0 Å². The van der Waals surface area contributed by atoms with E-state index >= 15 is 0 Å². The molecule has 3 rings (SSSR count). The maximum absolute atomic E-state index is 12.1. The van der Waals surface area contributed by atoms with Gasteiger partial charge in [0.2, 0.25) is 5.91 Å². The zero-order valence-corrected chi connectivity index (χ0v) is 11.3. The van der Waals surface area contributed by atoms with Crippen LogP contribution in [-0.2, 0) is 4.79 Å². The van der Waals surface area contributed by atoms with Crippen molar-refractivity contribution in [1.29, 1.82) is 0 Å². The van der Waals surface area contributed by atoms with E-state index in [9.17, 15) is 4.79 Å². The van der Waals surface area contributed by atoms with Gasteiger partial charge in [0.1, 0.15) is 11.6 Å². The van der Waals surface area contributed by atoms with Crippen LogP contribution < -0.4 is 4.90 Å². The summed E-state index contributed by atoms with van der Waals surface area (Å²) in [7, 11) is 1.83. The van der Waals surface area contributed by atoms with E-state index in [-0.39, 0.29) is 18.0 Å². The minimum atomic E-state index is -0.248. The summed E-state index contributed by atoms with van der Waals surface area (Å²) in [5.41, 5.74) is 1.58. The summed E-state index contributed by atoms with van der Waals surface area (Å²) in [5, 5.41) is 0. The topological polar surface area (TPSA) is 49.6 Å². The standard InChI is InChI=1S/C14H17N3O2/c1-9-8-16(3)13(18)10(2)17(9)14-15-11-6-4-5-7-12(11)19-14/h4-7,9-10H,8H2,1-3H3. The molecule has 2 heterocycles. The molecule has 1 aliphatic rings. The van der Waals surface area contributed by atoms with Gasteiger partial charge in [0.25, 0.3) is 6.01 Å². The molecular weight excluding hydrogens is 242 g/mol. The number of hydrogen-bond acceptors (Lipinski definition) is 4. The van der Waals surface area contributed by atoms with Crippen molar-refractivity contribution in [2.24, 2.45) is 0 Å². The highest BCUT2D eigenvalue weighted by atomic mass is 16.4. The van der Waals surface area contributed by atoms with Gasteiger partial charge in [-0.25, -0.2) is 0 Å². The number of anilines is 1. The Hall–Kier alpha value is -2.04. The van der Waals surface area contributed by atoms with Crippen LogP contribution >= 0.6 is 0 Å². The average Bonchev–Trinajstić information content (AvgIpc) is 2.79. The van der Waals surface area contributed by atoms with Crippen LogP contribution in [0.15, 0.2) is 28.7 Å². The minimum absolute atomic E-state index is 0.0976. The van der Waals surface area contributed by atoms with Crippen molar-refractivity contribution in [2.45, 2.75) is 25.9 Å². The molecule has 5 nitrogen and oxygen atoms in total. The summed E-state index contributed by atoms with van der Waals surface area (Å²) in [6.45, 7) is 4.65. The SMILES string of the molecule is CC1CN(C)C(=O)C(C)N1c1nc2ccccc2o1. The Kier molecular flexibility index (Phi) is 2.69. The number of likely N-dealkylation sites (N-methyl/N-ethyl adjacent to an activating group) is 1. The molecule has 0 spiro atoms. The molecule has 0 saturated carbocycles. The van der Waals surface area contributed by atoms with E-state index in [4.69, 9.17) is 4.42 Å². The van der Waals surface area contributed by atoms with Crippen LogP contribution in [0.4, 0.5) is 6.01 Å². The highest BCUT2D eigenvalue weighted by molar-refractivity contribution is 5.86. The molecule has 2 aromatic rings. The molecule has 1 aromatic heterocycles. The Bertz CT molecular complexity index is 589. The summed E-state index contributed by atoms with van der Waals surface area (Å²) in [6.07, 6.45) is 0. The molecule has 5 heteroatoms. The van der Waals surface area contributed by atoms with Crippen LogP contribution in [0.25, 0.3) is 11.1 Å². The Balaban J connectivity index is 2.02. The largest absolute Gasteiger partial charge is 0.423 e. The van der Waals surface area contributed by atoms with Crippen molar-refractivity contribution in [1.82, 2.24) is 9.88 Å². The maximum Gasteiger partial charge on any atom is 0.299 e. The number of hydrogen-bond donors (Lipinski definition) is 0. The highest BCUT2D eigenvalue weighted by Gasteiger charge is 2.36. The fourth-order valence-electron chi connectivity index (χ4n) is 2.72. The molecule has 1 amide bonds. The number of para-hydroxylation sites is 2. The third-order valence-corrected chi connectivity index (χ3v) is 3.67. The van der Waals surface area contributed by atoms with Crippen molar-refractivity contribution in [3.05, 3.63) is 24.3 Å². The number of oxazole rings is 1. The third-order valence-electron chi connectivity index (χ3n) is 3.67. The lowest BCUT2D eigenvalue weighted by Gasteiger charge is -2.41. The number of benzene rings is 1. The summed E-state index contributed by atoms with van der Waals surface area (Å²) in [4.78, 5) is 20.3. The average molecular weight is 259 g/mol. The predicted molar refractivity (Wildman–Crippen MR) is 73.0 cm³/mol. The monoisotopic (exact) mass is 259 g/mol. The minimum Gasteiger partial charge on any atom is -0.423 e. The third kappa shape index (κ3) is 1.85. The van der Waals surface area contributed by atoms with Crippen molar-refractivity contribution < 1.29 is 9.21 Å².